The van der Waals surface area contributed by atoms with Crippen LogP contribution in [0, 0.1) is 17.1 Å². The molecule has 2 N–H and O–H groups in total. The van der Waals surface area contributed by atoms with Gasteiger partial charge in [-0.15, -0.1) is 0 Å². The molecule has 1 heterocycles. The summed E-state index contributed by atoms with van der Waals surface area (Å²) < 4.78 is 18.5. The Balaban J connectivity index is 2.36. The summed E-state index contributed by atoms with van der Waals surface area (Å²) in [5, 5.41) is 8.94. The summed E-state index contributed by atoms with van der Waals surface area (Å²) in [5.74, 6) is -0.568. The van der Waals surface area contributed by atoms with Crippen molar-refractivity contribution in [2.75, 3.05) is 20.3 Å². The third-order valence-corrected chi connectivity index (χ3v) is 3.74. The van der Waals surface area contributed by atoms with Gasteiger partial charge in [0.1, 0.15) is 11.9 Å². The topological polar surface area (TPSA) is 79.3 Å². The van der Waals surface area contributed by atoms with Crippen LogP contribution in [0.1, 0.15) is 30.0 Å². The molecular weight excluding hydrogens is 273 g/mol. The maximum Gasteiger partial charge on any atom is 0.223 e. The number of nitriles is 1. The standard InChI is InChI=1S/C15H18FN3O2/c1-21-7-6-19-14(20)5-4-13(18)15(19)10-2-3-12(16)11(8-10)9-17/h2-3,8,13,15H,4-7,18H2,1H3. The second-order valence-electron chi connectivity index (χ2n) is 5.08. The van der Waals surface area contributed by atoms with E-state index in [1.54, 1.807) is 18.1 Å². The molecule has 21 heavy (non-hydrogen) atoms. The highest BCUT2D eigenvalue weighted by molar-refractivity contribution is 5.78. The van der Waals surface area contributed by atoms with E-state index in [2.05, 4.69) is 0 Å². The maximum atomic E-state index is 13.5. The summed E-state index contributed by atoms with van der Waals surface area (Å²) in [6, 6.07) is 5.52. The molecule has 5 nitrogen and oxygen atoms in total. The van der Waals surface area contributed by atoms with Gasteiger partial charge in [-0.25, -0.2) is 4.39 Å². The van der Waals surface area contributed by atoms with Gasteiger partial charge in [0.15, 0.2) is 0 Å². The van der Waals surface area contributed by atoms with Crippen LogP contribution in [0.15, 0.2) is 18.2 Å². The van der Waals surface area contributed by atoms with Crippen LogP contribution in [0.3, 0.4) is 0 Å². The van der Waals surface area contributed by atoms with Crippen LogP contribution >= 0.6 is 0 Å². The van der Waals surface area contributed by atoms with E-state index in [9.17, 15) is 9.18 Å². The molecule has 0 radical (unpaired) electrons. The molecule has 2 unspecified atom stereocenters. The van der Waals surface area contributed by atoms with E-state index in [1.165, 1.54) is 12.1 Å². The number of ether oxygens (including phenoxy) is 1. The molecule has 1 amide bonds. The smallest absolute Gasteiger partial charge is 0.223 e. The largest absolute Gasteiger partial charge is 0.383 e. The number of likely N-dealkylation sites (tertiary alicyclic amines) is 1. The number of nitrogens with two attached hydrogens (primary N) is 1. The molecule has 112 valence electrons. The van der Waals surface area contributed by atoms with E-state index in [1.807, 2.05) is 6.07 Å². The second kappa shape index (κ2) is 6.66. The first-order chi connectivity index (χ1) is 10.1. The van der Waals surface area contributed by atoms with Crippen LogP contribution in [0.25, 0.3) is 0 Å². The zero-order chi connectivity index (χ0) is 15.4. The summed E-state index contributed by atoms with van der Waals surface area (Å²) in [6.07, 6.45) is 0.972. The Bertz CT molecular complexity index is 571. The van der Waals surface area contributed by atoms with E-state index >= 15 is 0 Å². The summed E-state index contributed by atoms with van der Waals surface area (Å²) in [6.45, 7) is 0.828. The normalized spacial score (nSPS) is 22.2. The van der Waals surface area contributed by atoms with Crippen molar-refractivity contribution in [3.05, 3.63) is 35.1 Å². The van der Waals surface area contributed by atoms with Crippen LogP contribution < -0.4 is 5.73 Å². The van der Waals surface area contributed by atoms with Crippen LogP contribution in [0.4, 0.5) is 4.39 Å². The quantitative estimate of drug-likeness (QED) is 0.907. The minimum absolute atomic E-state index is 0.00147. The zero-order valence-corrected chi connectivity index (χ0v) is 11.9. The lowest BCUT2D eigenvalue weighted by Crippen LogP contribution is -2.49. The number of piperidine rings is 1. The highest BCUT2D eigenvalue weighted by atomic mass is 19.1. The fourth-order valence-corrected chi connectivity index (χ4v) is 2.67. The maximum absolute atomic E-state index is 13.5. The molecule has 2 atom stereocenters. The lowest BCUT2D eigenvalue weighted by Gasteiger charge is -2.40. The summed E-state index contributed by atoms with van der Waals surface area (Å²) in [5.41, 5.74) is 6.80. The van der Waals surface area contributed by atoms with E-state index in [0.717, 1.165) is 0 Å². The summed E-state index contributed by atoms with van der Waals surface area (Å²) >= 11 is 0. The van der Waals surface area contributed by atoms with Crippen molar-refractivity contribution in [2.45, 2.75) is 24.9 Å². The average molecular weight is 291 g/mol. The van der Waals surface area contributed by atoms with Gasteiger partial charge in [0.25, 0.3) is 0 Å². The molecule has 0 spiro atoms. The van der Waals surface area contributed by atoms with Gasteiger partial charge in [-0.05, 0) is 24.1 Å². The molecule has 1 saturated heterocycles. The van der Waals surface area contributed by atoms with Crippen LogP contribution in [0.5, 0.6) is 0 Å². The van der Waals surface area contributed by atoms with Crippen molar-refractivity contribution < 1.29 is 13.9 Å². The van der Waals surface area contributed by atoms with Gasteiger partial charge in [0, 0.05) is 26.1 Å². The molecule has 1 aliphatic rings. The van der Waals surface area contributed by atoms with Crippen molar-refractivity contribution in [3.63, 3.8) is 0 Å². The number of hydrogen-bond acceptors (Lipinski definition) is 4. The number of carbonyl (C=O) groups excluding carboxylic acids is 1. The number of methoxy groups -OCH3 is 1. The van der Waals surface area contributed by atoms with Gasteiger partial charge in [-0.1, -0.05) is 6.07 Å². The van der Waals surface area contributed by atoms with Gasteiger partial charge in [0.05, 0.1) is 18.2 Å². The lowest BCUT2D eigenvalue weighted by atomic mass is 9.89. The van der Waals surface area contributed by atoms with Crippen molar-refractivity contribution >= 4 is 5.91 Å². The molecule has 1 fully saturated rings. The predicted octanol–water partition coefficient (Wildman–Crippen LogP) is 1.33. The number of hydrogen-bond donors (Lipinski definition) is 1. The summed E-state index contributed by atoms with van der Waals surface area (Å²) in [7, 11) is 1.56. The average Bonchev–Trinajstić information content (AvgIpc) is 2.49. The fraction of sp³-hybridized carbons (Fsp3) is 0.467. The monoisotopic (exact) mass is 291 g/mol. The number of halogens is 1. The van der Waals surface area contributed by atoms with Crippen molar-refractivity contribution in [1.29, 1.82) is 5.26 Å². The molecule has 0 bridgehead atoms. The number of amides is 1. The van der Waals surface area contributed by atoms with Gasteiger partial charge in [0.2, 0.25) is 5.91 Å². The lowest BCUT2D eigenvalue weighted by molar-refractivity contribution is -0.138. The summed E-state index contributed by atoms with van der Waals surface area (Å²) in [4.78, 5) is 13.8. The predicted molar refractivity (Wildman–Crippen MR) is 74.7 cm³/mol. The van der Waals surface area contributed by atoms with Gasteiger partial charge < -0.3 is 15.4 Å². The first kappa shape index (κ1) is 15.4. The minimum atomic E-state index is -0.569. The first-order valence-electron chi connectivity index (χ1n) is 6.82. The molecule has 0 aliphatic carbocycles. The fourth-order valence-electron chi connectivity index (χ4n) is 2.67. The highest BCUT2D eigenvalue weighted by Gasteiger charge is 2.34. The van der Waals surface area contributed by atoms with Crippen LogP contribution in [-0.2, 0) is 9.53 Å². The molecule has 0 saturated carbocycles. The van der Waals surface area contributed by atoms with E-state index in [4.69, 9.17) is 15.7 Å². The van der Waals surface area contributed by atoms with Gasteiger partial charge in [-0.3, -0.25) is 4.79 Å². The van der Waals surface area contributed by atoms with Crippen LogP contribution in [0.2, 0.25) is 0 Å². The molecule has 1 aromatic rings. The third kappa shape index (κ3) is 3.20. The van der Waals surface area contributed by atoms with Crippen molar-refractivity contribution in [2.24, 2.45) is 5.73 Å². The van der Waals surface area contributed by atoms with E-state index < -0.39 is 5.82 Å². The Kier molecular flexibility index (Phi) is 4.89. The van der Waals surface area contributed by atoms with Gasteiger partial charge >= 0.3 is 0 Å². The van der Waals surface area contributed by atoms with E-state index in [0.29, 0.717) is 31.6 Å². The second-order valence-corrected chi connectivity index (χ2v) is 5.08. The van der Waals surface area contributed by atoms with Crippen LogP contribution in [-0.4, -0.2) is 37.1 Å². The third-order valence-electron chi connectivity index (χ3n) is 3.74. The molecular formula is C15H18FN3O2. The molecule has 6 heteroatoms. The van der Waals surface area contributed by atoms with E-state index in [-0.39, 0.29) is 23.6 Å². The Morgan fingerprint density at radius 1 is 1.57 bits per heavy atom. The number of carbonyl (C=O) groups is 1. The highest BCUT2D eigenvalue weighted by Crippen LogP contribution is 2.31. The number of rotatable bonds is 4. The Morgan fingerprint density at radius 3 is 3.00 bits per heavy atom. The Hall–Kier alpha value is -1.97. The van der Waals surface area contributed by atoms with Crippen molar-refractivity contribution in [3.8, 4) is 6.07 Å². The molecule has 2 rings (SSSR count). The zero-order valence-electron chi connectivity index (χ0n) is 11.9. The molecule has 0 aromatic heterocycles. The molecule has 1 aromatic carbocycles. The molecule has 1 aliphatic heterocycles. The van der Waals surface area contributed by atoms with Crippen molar-refractivity contribution in [1.82, 2.24) is 4.90 Å². The first-order valence-corrected chi connectivity index (χ1v) is 6.82. The number of nitrogens with zero attached hydrogens (tertiary/aromatic N) is 2. The minimum Gasteiger partial charge on any atom is -0.383 e. The Labute approximate surface area is 123 Å². The van der Waals surface area contributed by atoms with Gasteiger partial charge in [-0.2, -0.15) is 5.26 Å². The number of benzene rings is 1. The SMILES string of the molecule is COCCN1C(=O)CCC(N)C1c1ccc(F)c(C#N)c1. The Morgan fingerprint density at radius 2 is 2.33 bits per heavy atom.